The van der Waals surface area contributed by atoms with Gasteiger partial charge in [-0.3, -0.25) is 0 Å². The lowest BCUT2D eigenvalue weighted by Crippen LogP contribution is -2.03. The highest BCUT2D eigenvalue weighted by molar-refractivity contribution is 9.10. The molecule has 0 amide bonds. The van der Waals surface area contributed by atoms with Gasteiger partial charge in [-0.2, -0.15) is 0 Å². The van der Waals surface area contributed by atoms with Gasteiger partial charge in [-0.15, -0.1) is 0 Å². The summed E-state index contributed by atoms with van der Waals surface area (Å²) in [5, 5.41) is 12.2. The lowest BCUT2D eigenvalue weighted by molar-refractivity contribution is 0.0696. The maximum absolute atomic E-state index is 11.1. The van der Waals surface area contributed by atoms with Gasteiger partial charge in [0.05, 0.1) is 5.56 Å². The topological polar surface area (TPSA) is 62.2 Å². The van der Waals surface area contributed by atoms with E-state index in [1.165, 1.54) is 6.07 Å². The fraction of sp³-hybridized carbons (Fsp3) is 0.143. The largest absolute Gasteiger partial charge is 0.478 e. The maximum atomic E-state index is 11.1. The monoisotopic (exact) mass is 320 g/mol. The number of aromatic carboxylic acids is 1. The molecule has 1 aromatic heterocycles. The van der Waals surface area contributed by atoms with Crippen LogP contribution >= 0.6 is 15.9 Å². The number of rotatable bonds is 4. The van der Waals surface area contributed by atoms with Gasteiger partial charge in [-0.05, 0) is 42.8 Å². The quantitative estimate of drug-likeness (QED) is 0.898. The van der Waals surface area contributed by atoms with E-state index in [1.807, 2.05) is 31.2 Å². The van der Waals surface area contributed by atoms with Gasteiger partial charge in [0.1, 0.15) is 5.82 Å². The fourth-order valence-electron chi connectivity index (χ4n) is 1.64. The standard InChI is InChI=1S/C14H13BrN2O2/c1-2-11-7-9(14(18)19)8-13(16-11)17-12-5-3-10(15)4-6-12/h3-8H,2H2,1H3,(H,16,17)(H,18,19). The number of hydrogen-bond donors (Lipinski definition) is 2. The molecule has 0 atom stereocenters. The number of anilines is 2. The molecule has 0 aliphatic rings. The third-order valence-corrected chi connectivity index (χ3v) is 3.13. The van der Waals surface area contributed by atoms with Gasteiger partial charge < -0.3 is 10.4 Å². The molecule has 0 aliphatic heterocycles. The van der Waals surface area contributed by atoms with Crippen molar-refractivity contribution in [3.8, 4) is 0 Å². The molecule has 0 unspecified atom stereocenters. The molecule has 0 spiro atoms. The second-order valence-corrected chi connectivity index (χ2v) is 4.94. The van der Waals surface area contributed by atoms with Gasteiger partial charge in [0.15, 0.2) is 0 Å². The van der Waals surface area contributed by atoms with Crippen LogP contribution in [0.25, 0.3) is 0 Å². The average molecular weight is 321 g/mol. The van der Waals surface area contributed by atoms with Crippen molar-refractivity contribution in [2.75, 3.05) is 5.32 Å². The summed E-state index contributed by atoms with van der Waals surface area (Å²) in [6, 6.07) is 10.7. The SMILES string of the molecule is CCc1cc(C(=O)O)cc(Nc2ccc(Br)cc2)n1. The van der Waals surface area contributed by atoms with Crippen LogP contribution in [0.2, 0.25) is 0 Å². The number of nitrogens with zero attached hydrogens (tertiary/aromatic N) is 1. The first-order valence-corrected chi connectivity index (χ1v) is 6.64. The van der Waals surface area contributed by atoms with E-state index in [0.717, 1.165) is 15.9 Å². The predicted molar refractivity (Wildman–Crippen MR) is 78.0 cm³/mol. The Hall–Kier alpha value is -1.88. The van der Waals surface area contributed by atoms with E-state index in [9.17, 15) is 4.79 Å². The van der Waals surface area contributed by atoms with Gasteiger partial charge in [-0.1, -0.05) is 22.9 Å². The number of aryl methyl sites for hydroxylation is 1. The molecule has 0 radical (unpaired) electrons. The van der Waals surface area contributed by atoms with E-state index in [4.69, 9.17) is 5.11 Å². The van der Waals surface area contributed by atoms with Crippen LogP contribution in [0.1, 0.15) is 23.0 Å². The van der Waals surface area contributed by atoms with Gasteiger partial charge in [0.25, 0.3) is 0 Å². The fourth-order valence-corrected chi connectivity index (χ4v) is 1.90. The smallest absolute Gasteiger partial charge is 0.335 e. The van der Waals surface area contributed by atoms with E-state index in [-0.39, 0.29) is 5.56 Å². The number of halogens is 1. The van der Waals surface area contributed by atoms with Crippen molar-refractivity contribution in [2.24, 2.45) is 0 Å². The molecular formula is C14H13BrN2O2. The van der Waals surface area contributed by atoms with Crippen LogP contribution in [0, 0.1) is 0 Å². The van der Waals surface area contributed by atoms with Crippen molar-refractivity contribution in [1.82, 2.24) is 4.98 Å². The Morgan fingerprint density at radius 2 is 2.00 bits per heavy atom. The molecule has 0 saturated carbocycles. The van der Waals surface area contributed by atoms with Crippen molar-refractivity contribution in [3.63, 3.8) is 0 Å². The van der Waals surface area contributed by atoms with Gasteiger partial charge in [-0.25, -0.2) is 9.78 Å². The van der Waals surface area contributed by atoms with E-state index in [0.29, 0.717) is 12.2 Å². The molecule has 1 aromatic carbocycles. The molecule has 2 aromatic rings. The van der Waals surface area contributed by atoms with E-state index >= 15 is 0 Å². The van der Waals surface area contributed by atoms with E-state index in [1.54, 1.807) is 6.07 Å². The zero-order chi connectivity index (χ0) is 13.8. The first-order valence-electron chi connectivity index (χ1n) is 5.85. The maximum Gasteiger partial charge on any atom is 0.335 e. The minimum Gasteiger partial charge on any atom is -0.478 e. The molecule has 4 nitrogen and oxygen atoms in total. The molecule has 0 fully saturated rings. The molecule has 0 saturated heterocycles. The summed E-state index contributed by atoms with van der Waals surface area (Å²) in [6.07, 6.45) is 0.691. The van der Waals surface area contributed by atoms with Crippen LogP contribution in [0.4, 0.5) is 11.5 Å². The lowest BCUT2D eigenvalue weighted by atomic mass is 10.2. The van der Waals surface area contributed by atoms with Crippen molar-refractivity contribution in [3.05, 3.63) is 52.1 Å². The molecule has 98 valence electrons. The number of carboxylic acids is 1. The Labute approximate surface area is 119 Å². The summed E-state index contributed by atoms with van der Waals surface area (Å²) in [6.45, 7) is 1.94. The number of aromatic nitrogens is 1. The summed E-state index contributed by atoms with van der Waals surface area (Å²) < 4.78 is 0.986. The summed E-state index contributed by atoms with van der Waals surface area (Å²) in [4.78, 5) is 15.4. The molecular weight excluding hydrogens is 308 g/mol. The number of hydrogen-bond acceptors (Lipinski definition) is 3. The summed E-state index contributed by atoms with van der Waals surface area (Å²) in [7, 11) is 0. The summed E-state index contributed by atoms with van der Waals surface area (Å²) in [5.74, 6) is -0.407. The second kappa shape index (κ2) is 5.84. The summed E-state index contributed by atoms with van der Waals surface area (Å²) in [5.41, 5.74) is 1.85. The molecule has 2 N–H and O–H groups in total. The van der Waals surface area contributed by atoms with E-state index < -0.39 is 5.97 Å². The number of pyridine rings is 1. The van der Waals surface area contributed by atoms with Crippen molar-refractivity contribution < 1.29 is 9.90 Å². The number of carbonyl (C=O) groups is 1. The highest BCUT2D eigenvalue weighted by atomic mass is 79.9. The van der Waals surface area contributed by atoms with Crippen molar-refractivity contribution in [2.45, 2.75) is 13.3 Å². The van der Waals surface area contributed by atoms with Crippen molar-refractivity contribution in [1.29, 1.82) is 0 Å². The molecule has 5 heteroatoms. The second-order valence-electron chi connectivity index (χ2n) is 4.02. The normalized spacial score (nSPS) is 10.2. The van der Waals surface area contributed by atoms with Gasteiger partial charge >= 0.3 is 5.97 Å². The Morgan fingerprint density at radius 1 is 1.32 bits per heavy atom. The zero-order valence-electron chi connectivity index (χ0n) is 10.4. The Bertz CT molecular complexity index is 597. The van der Waals surface area contributed by atoms with Crippen LogP contribution in [0.3, 0.4) is 0 Å². The van der Waals surface area contributed by atoms with Gasteiger partial charge in [0, 0.05) is 15.9 Å². The molecule has 1 heterocycles. The highest BCUT2D eigenvalue weighted by Crippen LogP contribution is 2.19. The van der Waals surface area contributed by atoms with Gasteiger partial charge in [0.2, 0.25) is 0 Å². The van der Waals surface area contributed by atoms with Crippen LogP contribution in [-0.4, -0.2) is 16.1 Å². The average Bonchev–Trinajstić information content (AvgIpc) is 2.41. The minimum absolute atomic E-state index is 0.242. The van der Waals surface area contributed by atoms with Crippen molar-refractivity contribution >= 4 is 33.4 Å². The highest BCUT2D eigenvalue weighted by Gasteiger charge is 2.08. The molecule has 0 aliphatic carbocycles. The van der Waals surface area contributed by atoms with Crippen LogP contribution in [0.15, 0.2) is 40.9 Å². The Kier molecular flexibility index (Phi) is 4.16. The first kappa shape index (κ1) is 13.5. The third kappa shape index (κ3) is 3.54. The zero-order valence-corrected chi connectivity index (χ0v) is 11.9. The number of carboxylic acid groups (broad SMARTS) is 1. The predicted octanol–water partition coefficient (Wildman–Crippen LogP) is 3.85. The van der Waals surface area contributed by atoms with Crippen LogP contribution < -0.4 is 5.32 Å². The van der Waals surface area contributed by atoms with E-state index in [2.05, 4.69) is 26.2 Å². The van der Waals surface area contributed by atoms with Crippen LogP contribution in [-0.2, 0) is 6.42 Å². The summed E-state index contributed by atoms with van der Waals surface area (Å²) >= 11 is 3.36. The number of benzene rings is 1. The minimum atomic E-state index is -0.948. The Balaban J connectivity index is 2.31. The molecule has 19 heavy (non-hydrogen) atoms. The molecule has 2 rings (SSSR count). The first-order chi connectivity index (χ1) is 9.08. The number of nitrogens with one attached hydrogen (secondary N) is 1. The van der Waals surface area contributed by atoms with Crippen LogP contribution in [0.5, 0.6) is 0 Å². The molecule has 0 bridgehead atoms. The lowest BCUT2D eigenvalue weighted by Gasteiger charge is -2.08. The third-order valence-electron chi connectivity index (χ3n) is 2.60. The Morgan fingerprint density at radius 3 is 2.58 bits per heavy atom.